The predicted octanol–water partition coefficient (Wildman–Crippen LogP) is 2.30. The molecule has 24 heavy (non-hydrogen) atoms. The van der Waals surface area contributed by atoms with Crippen molar-refractivity contribution < 1.29 is 9.53 Å². The zero-order valence-corrected chi connectivity index (χ0v) is 17.5. The number of nitrogens with zero attached hydrogens (tertiary/aromatic N) is 2. The average Bonchev–Trinajstić information content (AvgIpc) is 2.48. The molecule has 0 bridgehead atoms. The van der Waals surface area contributed by atoms with Crippen molar-refractivity contribution >= 4 is 30.7 Å². The van der Waals surface area contributed by atoms with Crippen molar-refractivity contribution in [2.45, 2.75) is 70.7 Å². The molecule has 1 amide bonds. The minimum Gasteiger partial charge on any atom is -0.378 e. The number of amides is 1. The van der Waals surface area contributed by atoms with Crippen molar-refractivity contribution in [2.24, 2.45) is 11.1 Å². The summed E-state index contributed by atoms with van der Waals surface area (Å²) in [7, 11) is 4.07. The largest absolute Gasteiger partial charge is 0.378 e. The first-order chi connectivity index (χ1) is 10.1. The number of rotatable bonds is 4. The summed E-state index contributed by atoms with van der Waals surface area (Å²) in [5.41, 5.74) is 5.42. The molecule has 0 radical (unpaired) electrons. The number of piperidine rings is 1. The smallest absolute Gasteiger partial charge is 0.243 e. The molecule has 144 valence electrons. The Labute approximate surface area is 159 Å². The van der Waals surface area contributed by atoms with Gasteiger partial charge in [0.2, 0.25) is 5.91 Å². The molecule has 2 N–H and O–H groups in total. The van der Waals surface area contributed by atoms with Crippen LogP contribution in [0.1, 0.15) is 47.0 Å². The molecule has 4 atom stereocenters. The molecule has 2 aliphatic rings. The summed E-state index contributed by atoms with van der Waals surface area (Å²) < 4.78 is 5.74. The lowest BCUT2D eigenvalue weighted by molar-refractivity contribution is -0.180. The zero-order chi connectivity index (χ0) is 16.7. The van der Waals surface area contributed by atoms with Gasteiger partial charge < -0.3 is 20.3 Å². The van der Waals surface area contributed by atoms with E-state index in [4.69, 9.17) is 10.5 Å². The predicted molar refractivity (Wildman–Crippen MR) is 103 cm³/mol. The molecular weight excluding hydrogens is 349 g/mol. The SMILES string of the molecule is CCOC1CC(N)(C(=O)N(C)C2CCN(C)C(C)C2)C1(C)C.Cl.Cl. The highest BCUT2D eigenvalue weighted by Crippen LogP contribution is 2.50. The number of ether oxygens (including phenoxy) is 1. The van der Waals surface area contributed by atoms with Crippen molar-refractivity contribution in [3.63, 3.8) is 0 Å². The standard InChI is InChI=1S/C17H33N3O2.2ClH/c1-7-22-14-11-17(18,16(14,3)4)15(21)20(6)13-8-9-19(5)12(2)10-13;;/h12-14H,7-11,18H2,1-6H3;2*1H. The van der Waals surface area contributed by atoms with E-state index in [-0.39, 0.29) is 42.2 Å². The molecule has 1 aliphatic heterocycles. The fourth-order valence-electron chi connectivity index (χ4n) is 3.90. The third-order valence-electron chi connectivity index (χ3n) is 6.26. The molecule has 1 aliphatic carbocycles. The van der Waals surface area contributed by atoms with Gasteiger partial charge in [0.1, 0.15) is 5.54 Å². The first kappa shape index (κ1) is 23.9. The van der Waals surface area contributed by atoms with Gasteiger partial charge in [-0.3, -0.25) is 4.79 Å². The normalized spacial score (nSPS) is 35.2. The minimum absolute atomic E-state index is 0. The molecule has 7 heteroatoms. The van der Waals surface area contributed by atoms with Gasteiger partial charge in [0.15, 0.2) is 0 Å². The Morgan fingerprint density at radius 1 is 1.38 bits per heavy atom. The van der Waals surface area contributed by atoms with E-state index in [2.05, 4.69) is 32.7 Å². The van der Waals surface area contributed by atoms with E-state index in [1.54, 1.807) is 0 Å². The van der Waals surface area contributed by atoms with Crippen LogP contribution in [0.5, 0.6) is 0 Å². The van der Waals surface area contributed by atoms with Crippen LogP contribution >= 0.6 is 24.8 Å². The number of carbonyl (C=O) groups excluding carboxylic acids is 1. The molecule has 0 spiro atoms. The molecule has 2 rings (SSSR count). The molecule has 4 unspecified atom stereocenters. The number of hydrogen-bond donors (Lipinski definition) is 1. The van der Waals surface area contributed by atoms with Crippen molar-refractivity contribution in [1.82, 2.24) is 9.80 Å². The van der Waals surface area contributed by atoms with Crippen LogP contribution in [0.15, 0.2) is 0 Å². The number of hydrogen-bond acceptors (Lipinski definition) is 4. The topological polar surface area (TPSA) is 58.8 Å². The summed E-state index contributed by atoms with van der Waals surface area (Å²) in [5, 5.41) is 0. The van der Waals surface area contributed by atoms with Gasteiger partial charge in [-0.05, 0) is 33.7 Å². The van der Waals surface area contributed by atoms with Gasteiger partial charge >= 0.3 is 0 Å². The molecule has 2 fully saturated rings. The second-order valence-corrected chi connectivity index (χ2v) is 7.77. The molecular formula is C17H35Cl2N3O2. The Hall–Kier alpha value is -0.0700. The summed E-state index contributed by atoms with van der Waals surface area (Å²) in [5.74, 6) is 0.0789. The van der Waals surface area contributed by atoms with E-state index < -0.39 is 5.54 Å². The van der Waals surface area contributed by atoms with Gasteiger partial charge in [-0.1, -0.05) is 13.8 Å². The van der Waals surface area contributed by atoms with Gasteiger partial charge in [-0.15, -0.1) is 24.8 Å². The molecule has 5 nitrogen and oxygen atoms in total. The Morgan fingerprint density at radius 3 is 2.42 bits per heavy atom. The number of halogens is 2. The maximum atomic E-state index is 13.0. The summed E-state index contributed by atoms with van der Waals surface area (Å²) >= 11 is 0. The van der Waals surface area contributed by atoms with Gasteiger partial charge in [-0.25, -0.2) is 0 Å². The van der Waals surface area contributed by atoms with Crippen LogP contribution in [0.4, 0.5) is 0 Å². The van der Waals surface area contributed by atoms with E-state index in [9.17, 15) is 4.79 Å². The molecule has 1 saturated carbocycles. The molecule has 0 aromatic carbocycles. The maximum absolute atomic E-state index is 13.0. The van der Waals surface area contributed by atoms with Crippen LogP contribution in [0.3, 0.4) is 0 Å². The number of likely N-dealkylation sites (N-methyl/N-ethyl adjacent to an activating group) is 1. The summed E-state index contributed by atoms with van der Waals surface area (Å²) in [6.07, 6.45) is 2.74. The van der Waals surface area contributed by atoms with Crippen molar-refractivity contribution in [3.8, 4) is 0 Å². The second-order valence-electron chi connectivity index (χ2n) is 7.77. The Bertz CT molecular complexity index is 436. The van der Waals surface area contributed by atoms with Crippen LogP contribution < -0.4 is 5.73 Å². The third kappa shape index (κ3) is 3.85. The Morgan fingerprint density at radius 2 is 1.96 bits per heavy atom. The monoisotopic (exact) mass is 383 g/mol. The number of nitrogens with two attached hydrogens (primary N) is 1. The second kappa shape index (κ2) is 8.54. The Kier molecular flexibility index (Phi) is 8.52. The van der Waals surface area contributed by atoms with Gasteiger partial charge in [0.25, 0.3) is 0 Å². The van der Waals surface area contributed by atoms with E-state index in [0.29, 0.717) is 25.1 Å². The fourth-order valence-corrected chi connectivity index (χ4v) is 3.90. The zero-order valence-electron chi connectivity index (χ0n) is 15.9. The van der Waals surface area contributed by atoms with Crippen LogP contribution in [0, 0.1) is 5.41 Å². The van der Waals surface area contributed by atoms with E-state index in [0.717, 1.165) is 19.4 Å². The van der Waals surface area contributed by atoms with Crippen LogP contribution in [-0.4, -0.2) is 66.7 Å². The van der Waals surface area contributed by atoms with Crippen molar-refractivity contribution in [1.29, 1.82) is 0 Å². The molecule has 1 heterocycles. The molecule has 0 aromatic rings. The van der Waals surface area contributed by atoms with Gasteiger partial charge in [0.05, 0.1) is 6.10 Å². The number of likely N-dealkylation sites (tertiary alicyclic amines) is 1. The quantitative estimate of drug-likeness (QED) is 0.808. The van der Waals surface area contributed by atoms with E-state index >= 15 is 0 Å². The van der Waals surface area contributed by atoms with Crippen LogP contribution in [0.2, 0.25) is 0 Å². The average molecular weight is 384 g/mol. The summed E-state index contributed by atoms with van der Waals surface area (Å²) in [4.78, 5) is 17.3. The molecule has 0 aromatic heterocycles. The van der Waals surface area contributed by atoms with E-state index in [1.807, 2.05) is 18.9 Å². The first-order valence-corrected chi connectivity index (χ1v) is 8.53. The highest BCUT2D eigenvalue weighted by molar-refractivity contribution is 5.89. The summed E-state index contributed by atoms with van der Waals surface area (Å²) in [6.45, 7) is 10.0. The lowest BCUT2D eigenvalue weighted by Crippen LogP contribution is -2.76. The number of carbonyl (C=O) groups is 1. The van der Waals surface area contributed by atoms with Crippen LogP contribution in [0.25, 0.3) is 0 Å². The van der Waals surface area contributed by atoms with E-state index in [1.165, 1.54) is 0 Å². The highest BCUT2D eigenvalue weighted by Gasteiger charge is 2.63. The summed E-state index contributed by atoms with van der Waals surface area (Å²) in [6, 6.07) is 0.800. The maximum Gasteiger partial charge on any atom is 0.243 e. The Balaban J connectivity index is 0.00000264. The lowest BCUT2D eigenvalue weighted by atomic mass is 9.54. The van der Waals surface area contributed by atoms with Crippen LogP contribution in [-0.2, 0) is 9.53 Å². The third-order valence-corrected chi connectivity index (χ3v) is 6.26. The first-order valence-electron chi connectivity index (χ1n) is 8.53. The minimum atomic E-state index is -0.797. The lowest BCUT2D eigenvalue weighted by Gasteiger charge is -2.59. The van der Waals surface area contributed by atoms with Gasteiger partial charge in [0, 0.05) is 44.1 Å². The highest BCUT2D eigenvalue weighted by atomic mass is 35.5. The fraction of sp³-hybridized carbons (Fsp3) is 0.941. The van der Waals surface area contributed by atoms with Gasteiger partial charge in [-0.2, -0.15) is 0 Å². The van der Waals surface area contributed by atoms with Crippen molar-refractivity contribution in [2.75, 3.05) is 27.2 Å². The van der Waals surface area contributed by atoms with Crippen molar-refractivity contribution in [3.05, 3.63) is 0 Å². The molecule has 1 saturated heterocycles.